The Balaban J connectivity index is 1.98. The van der Waals surface area contributed by atoms with E-state index < -0.39 is 0 Å². The standard InChI is InChI=1S/C15H21BrFN/c1-2-8-18-11-15(6-3-7-15)10-12-4-5-14(17)13(16)9-12/h4-5,9,18H,2-3,6-8,10-11H2,1H3. The second-order valence-corrected chi connectivity index (χ2v) is 6.31. The fraction of sp³-hybridized carbons (Fsp3) is 0.600. The van der Waals surface area contributed by atoms with E-state index in [-0.39, 0.29) is 5.82 Å². The molecule has 0 saturated heterocycles. The average Bonchev–Trinajstić information content (AvgIpc) is 2.31. The van der Waals surface area contributed by atoms with Gasteiger partial charge in [-0.15, -0.1) is 0 Å². The first kappa shape index (κ1) is 14.0. The molecular formula is C15H21BrFN. The van der Waals surface area contributed by atoms with Crippen LogP contribution in [0.5, 0.6) is 0 Å². The largest absolute Gasteiger partial charge is 0.316 e. The van der Waals surface area contributed by atoms with Crippen LogP contribution in [0.4, 0.5) is 4.39 Å². The highest BCUT2D eigenvalue weighted by Gasteiger charge is 2.36. The van der Waals surface area contributed by atoms with E-state index in [1.807, 2.05) is 12.1 Å². The third-order valence-electron chi connectivity index (χ3n) is 3.90. The Labute approximate surface area is 117 Å². The van der Waals surface area contributed by atoms with Crippen molar-refractivity contribution in [3.63, 3.8) is 0 Å². The van der Waals surface area contributed by atoms with E-state index in [2.05, 4.69) is 28.2 Å². The molecule has 1 nitrogen and oxygen atoms in total. The molecule has 1 fully saturated rings. The van der Waals surface area contributed by atoms with Crippen molar-refractivity contribution >= 4 is 15.9 Å². The monoisotopic (exact) mass is 313 g/mol. The molecule has 0 radical (unpaired) electrons. The smallest absolute Gasteiger partial charge is 0.137 e. The summed E-state index contributed by atoms with van der Waals surface area (Å²) < 4.78 is 13.8. The second kappa shape index (κ2) is 6.16. The first-order chi connectivity index (χ1) is 8.65. The van der Waals surface area contributed by atoms with Crippen molar-refractivity contribution in [2.24, 2.45) is 5.41 Å². The maximum atomic E-state index is 13.2. The van der Waals surface area contributed by atoms with Gasteiger partial charge in [0.1, 0.15) is 5.82 Å². The van der Waals surface area contributed by atoms with E-state index in [4.69, 9.17) is 0 Å². The van der Waals surface area contributed by atoms with Gasteiger partial charge in [-0.2, -0.15) is 0 Å². The molecule has 1 aromatic rings. The quantitative estimate of drug-likeness (QED) is 0.772. The zero-order chi connectivity index (χ0) is 13.0. The molecule has 1 aromatic carbocycles. The predicted molar refractivity (Wildman–Crippen MR) is 77.2 cm³/mol. The maximum absolute atomic E-state index is 13.2. The normalized spacial score (nSPS) is 17.5. The van der Waals surface area contributed by atoms with Crippen molar-refractivity contribution in [3.05, 3.63) is 34.1 Å². The van der Waals surface area contributed by atoms with Gasteiger partial charge >= 0.3 is 0 Å². The average molecular weight is 314 g/mol. The third kappa shape index (κ3) is 3.33. The first-order valence-electron chi connectivity index (χ1n) is 6.80. The lowest BCUT2D eigenvalue weighted by Gasteiger charge is -2.42. The van der Waals surface area contributed by atoms with Crippen LogP contribution in [0.15, 0.2) is 22.7 Å². The molecule has 0 aliphatic heterocycles. The molecule has 0 aromatic heterocycles. The van der Waals surface area contributed by atoms with Crippen LogP contribution >= 0.6 is 15.9 Å². The van der Waals surface area contributed by atoms with Gasteiger partial charge in [0.15, 0.2) is 0 Å². The molecule has 2 rings (SSSR count). The minimum atomic E-state index is -0.175. The summed E-state index contributed by atoms with van der Waals surface area (Å²) in [6.07, 6.45) is 6.15. The molecule has 0 bridgehead atoms. The molecule has 1 N–H and O–H groups in total. The SMILES string of the molecule is CCCNCC1(Cc2ccc(F)c(Br)c2)CCC1. The summed E-state index contributed by atoms with van der Waals surface area (Å²) >= 11 is 3.27. The van der Waals surface area contributed by atoms with Crippen LogP contribution in [0, 0.1) is 11.2 Å². The topological polar surface area (TPSA) is 12.0 Å². The molecule has 0 unspecified atom stereocenters. The van der Waals surface area contributed by atoms with Gasteiger partial charge in [0, 0.05) is 6.54 Å². The van der Waals surface area contributed by atoms with Crippen LogP contribution in [0.2, 0.25) is 0 Å². The first-order valence-corrected chi connectivity index (χ1v) is 7.59. The molecular weight excluding hydrogens is 293 g/mol. The summed E-state index contributed by atoms with van der Waals surface area (Å²) in [6, 6.07) is 5.40. The molecule has 100 valence electrons. The van der Waals surface area contributed by atoms with Crippen molar-refractivity contribution < 1.29 is 4.39 Å². The molecule has 1 aliphatic rings. The molecule has 0 amide bonds. The van der Waals surface area contributed by atoms with Gasteiger partial charge in [0.25, 0.3) is 0 Å². The van der Waals surface area contributed by atoms with Crippen molar-refractivity contribution in [1.82, 2.24) is 5.32 Å². The van der Waals surface area contributed by atoms with Crippen molar-refractivity contribution in [2.45, 2.75) is 39.0 Å². The summed E-state index contributed by atoms with van der Waals surface area (Å²) in [6.45, 7) is 4.38. The minimum absolute atomic E-state index is 0.175. The molecule has 3 heteroatoms. The van der Waals surface area contributed by atoms with Crippen molar-refractivity contribution in [3.8, 4) is 0 Å². The summed E-state index contributed by atoms with van der Waals surface area (Å²) in [4.78, 5) is 0. The van der Waals surface area contributed by atoms with E-state index in [9.17, 15) is 4.39 Å². The molecule has 18 heavy (non-hydrogen) atoms. The van der Waals surface area contributed by atoms with E-state index in [0.717, 1.165) is 19.5 Å². The third-order valence-corrected chi connectivity index (χ3v) is 4.51. The molecule has 1 aliphatic carbocycles. The maximum Gasteiger partial charge on any atom is 0.137 e. The summed E-state index contributed by atoms with van der Waals surface area (Å²) in [7, 11) is 0. The van der Waals surface area contributed by atoms with Crippen molar-refractivity contribution in [2.75, 3.05) is 13.1 Å². The van der Waals surface area contributed by atoms with Crippen molar-refractivity contribution in [1.29, 1.82) is 0 Å². The number of halogens is 2. The zero-order valence-corrected chi connectivity index (χ0v) is 12.5. The highest BCUT2D eigenvalue weighted by molar-refractivity contribution is 9.10. The highest BCUT2D eigenvalue weighted by Crippen LogP contribution is 2.43. The molecule has 1 saturated carbocycles. The fourth-order valence-electron chi connectivity index (χ4n) is 2.71. The number of hydrogen-bond donors (Lipinski definition) is 1. The second-order valence-electron chi connectivity index (χ2n) is 5.46. The Bertz CT molecular complexity index is 401. The number of benzene rings is 1. The van der Waals surface area contributed by atoms with Crippen LogP contribution in [0.1, 0.15) is 38.2 Å². The predicted octanol–water partition coefficient (Wildman–Crippen LogP) is 4.30. The molecule has 0 atom stereocenters. The van der Waals surface area contributed by atoms with Crippen LogP contribution in [0.25, 0.3) is 0 Å². The Hall–Kier alpha value is -0.410. The van der Waals surface area contributed by atoms with Gasteiger partial charge in [0.05, 0.1) is 4.47 Å². The number of nitrogens with one attached hydrogen (secondary N) is 1. The number of hydrogen-bond acceptors (Lipinski definition) is 1. The fourth-order valence-corrected chi connectivity index (χ4v) is 3.13. The Kier molecular flexibility index (Phi) is 4.79. The summed E-state index contributed by atoms with van der Waals surface area (Å²) in [5.74, 6) is -0.175. The van der Waals surface area contributed by atoms with Gasteiger partial charge in [-0.3, -0.25) is 0 Å². The summed E-state index contributed by atoms with van der Waals surface area (Å²) in [5.41, 5.74) is 1.65. The van der Waals surface area contributed by atoms with Gasteiger partial charge in [-0.05, 0) is 71.3 Å². The Morgan fingerprint density at radius 2 is 2.17 bits per heavy atom. The van der Waals surface area contributed by atoms with E-state index in [0.29, 0.717) is 9.89 Å². The highest BCUT2D eigenvalue weighted by atomic mass is 79.9. The van der Waals surface area contributed by atoms with E-state index >= 15 is 0 Å². The summed E-state index contributed by atoms with van der Waals surface area (Å²) in [5, 5.41) is 3.54. The zero-order valence-electron chi connectivity index (χ0n) is 10.9. The lowest BCUT2D eigenvalue weighted by atomic mass is 9.65. The number of rotatable bonds is 6. The van der Waals surface area contributed by atoms with Gasteiger partial charge in [-0.25, -0.2) is 4.39 Å². The van der Waals surface area contributed by atoms with Gasteiger partial charge in [-0.1, -0.05) is 19.4 Å². The van der Waals surface area contributed by atoms with Crippen LogP contribution in [0.3, 0.4) is 0 Å². The Morgan fingerprint density at radius 3 is 2.72 bits per heavy atom. The van der Waals surface area contributed by atoms with E-state index in [1.54, 1.807) is 6.07 Å². The van der Waals surface area contributed by atoms with Gasteiger partial charge in [0.2, 0.25) is 0 Å². The lowest BCUT2D eigenvalue weighted by Crippen LogP contribution is -2.41. The van der Waals surface area contributed by atoms with E-state index in [1.165, 1.54) is 31.2 Å². The van der Waals surface area contributed by atoms with Crippen LogP contribution in [-0.4, -0.2) is 13.1 Å². The molecule has 0 heterocycles. The van der Waals surface area contributed by atoms with Crippen LogP contribution in [-0.2, 0) is 6.42 Å². The Morgan fingerprint density at radius 1 is 1.39 bits per heavy atom. The van der Waals surface area contributed by atoms with Crippen LogP contribution < -0.4 is 5.32 Å². The van der Waals surface area contributed by atoms with Gasteiger partial charge < -0.3 is 5.32 Å². The lowest BCUT2D eigenvalue weighted by molar-refractivity contribution is 0.130. The molecule has 0 spiro atoms. The minimum Gasteiger partial charge on any atom is -0.316 e.